The Labute approximate surface area is 160 Å². The first-order chi connectivity index (χ1) is 13.2. The lowest BCUT2D eigenvalue weighted by Crippen LogP contribution is -2.41. The molecular formula is C22H27N3O2. The molecule has 1 atom stereocenters. The summed E-state index contributed by atoms with van der Waals surface area (Å²) >= 11 is 0. The van der Waals surface area contributed by atoms with Crippen LogP contribution in [0.5, 0.6) is 0 Å². The normalized spacial score (nSPS) is 20.0. The molecule has 0 radical (unpaired) electrons. The average molecular weight is 365 g/mol. The van der Waals surface area contributed by atoms with Crippen LogP contribution in [-0.2, 0) is 4.74 Å². The number of carbonyl (C=O) groups excluding carboxylic acids is 1. The number of amides is 1. The van der Waals surface area contributed by atoms with Crippen LogP contribution in [0.1, 0.15) is 37.7 Å². The molecule has 1 aromatic heterocycles. The maximum Gasteiger partial charge on any atom is 0.411 e. The number of nitrogens with zero attached hydrogens (tertiary/aromatic N) is 1. The molecule has 2 aliphatic rings. The quantitative estimate of drug-likeness (QED) is 0.583. The second-order valence-electron chi connectivity index (χ2n) is 7.38. The number of H-pyrrole nitrogens is 1. The van der Waals surface area contributed by atoms with Crippen LogP contribution in [-0.4, -0.2) is 41.7 Å². The number of aromatic nitrogens is 1. The van der Waals surface area contributed by atoms with Gasteiger partial charge in [0.2, 0.25) is 0 Å². The topological polar surface area (TPSA) is 57.4 Å². The molecule has 1 saturated heterocycles. The van der Waals surface area contributed by atoms with E-state index in [9.17, 15) is 4.79 Å². The first-order valence-corrected chi connectivity index (χ1v) is 9.84. The summed E-state index contributed by atoms with van der Waals surface area (Å²) in [4.78, 5) is 17.9. The summed E-state index contributed by atoms with van der Waals surface area (Å²) in [6.07, 6.45) is 11.5. The highest BCUT2D eigenvalue weighted by atomic mass is 16.5. The number of hydrogen-bond donors (Lipinski definition) is 2. The Kier molecular flexibility index (Phi) is 5.30. The highest BCUT2D eigenvalue weighted by molar-refractivity contribution is 5.96. The molecule has 2 N–H and O–H groups in total. The van der Waals surface area contributed by atoms with Gasteiger partial charge >= 0.3 is 6.09 Å². The summed E-state index contributed by atoms with van der Waals surface area (Å²) in [6, 6.07) is 6.61. The van der Waals surface area contributed by atoms with E-state index in [0.717, 1.165) is 29.6 Å². The Morgan fingerprint density at radius 3 is 3.22 bits per heavy atom. The van der Waals surface area contributed by atoms with Crippen molar-refractivity contribution >= 4 is 28.3 Å². The molecule has 27 heavy (non-hydrogen) atoms. The number of fused-ring (bicyclic) bond motifs is 2. The fraction of sp³-hybridized carbons (Fsp3) is 0.409. The van der Waals surface area contributed by atoms with Crippen molar-refractivity contribution in [1.29, 1.82) is 0 Å². The van der Waals surface area contributed by atoms with E-state index in [1.807, 2.05) is 18.2 Å². The van der Waals surface area contributed by atoms with Crippen LogP contribution < -0.4 is 5.32 Å². The number of hydrogen-bond acceptors (Lipinski definition) is 3. The fourth-order valence-corrected chi connectivity index (χ4v) is 4.17. The predicted molar refractivity (Wildman–Crippen MR) is 110 cm³/mol. The number of rotatable bonds is 5. The van der Waals surface area contributed by atoms with E-state index in [-0.39, 0.29) is 0 Å². The van der Waals surface area contributed by atoms with Gasteiger partial charge in [0, 0.05) is 40.9 Å². The number of aromatic amines is 1. The van der Waals surface area contributed by atoms with Gasteiger partial charge in [0.25, 0.3) is 0 Å². The van der Waals surface area contributed by atoms with E-state index < -0.39 is 6.09 Å². The summed E-state index contributed by atoms with van der Waals surface area (Å²) in [7, 11) is 0. The summed E-state index contributed by atoms with van der Waals surface area (Å²) in [5, 5.41) is 3.97. The van der Waals surface area contributed by atoms with Crippen LogP contribution in [0.15, 0.2) is 43.1 Å². The van der Waals surface area contributed by atoms with Gasteiger partial charge in [0.15, 0.2) is 0 Å². The summed E-state index contributed by atoms with van der Waals surface area (Å²) in [5.74, 6) is 0. The summed E-state index contributed by atoms with van der Waals surface area (Å²) < 4.78 is 5.14. The summed E-state index contributed by atoms with van der Waals surface area (Å²) in [6.45, 7) is 6.24. The fourth-order valence-electron chi connectivity index (χ4n) is 4.17. The average Bonchev–Trinajstić information content (AvgIpc) is 3.11. The zero-order valence-electron chi connectivity index (χ0n) is 15.7. The number of nitrogens with one attached hydrogen (secondary N) is 2. The number of benzene rings is 1. The van der Waals surface area contributed by atoms with Crippen molar-refractivity contribution in [2.45, 2.75) is 38.1 Å². The molecule has 1 unspecified atom stereocenters. The zero-order valence-corrected chi connectivity index (χ0v) is 15.7. The van der Waals surface area contributed by atoms with Gasteiger partial charge < -0.3 is 9.72 Å². The molecule has 5 heteroatoms. The van der Waals surface area contributed by atoms with Gasteiger partial charge in [0.1, 0.15) is 0 Å². The molecule has 1 fully saturated rings. The molecule has 0 saturated carbocycles. The van der Waals surface area contributed by atoms with Crippen LogP contribution >= 0.6 is 0 Å². The Bertz CT molecular complexity index is 868. The SMILES string of the molecule is C=CCCOC(=O)Nc1ccc2[nH]cc(C3=CCN4CCCCC4C3)c2c1. The minimum Gasteiger partial charge on any atom is -0.449 e. The molecule has 1 aromatic carbocycles. The molecular weight excluding hydrogens is 338 g/mol. The van der Waals surface area contributed by atoms with Crippen LogP contribution in [0, 0.1) is 0 Å². The van der Waals surface area contributed by atoms with Crippen molar-refractivity contribution in [2.24, 2.45) is 0 Å². The van der Waals surface area contributed by atoms with Crippen LogP contribution in [0.25, 0.3) is 16.5 Å². The largest absolute Gasteiger partial charge is 0.449 e. The third-order valence-electron chi connectivity index (χ3n) is 5.61. The number of ether oxygens (including phenoxy) is 1. The minimum absolute atomic E-state index is 0.345. The summed E-state index contributed by atoms with van der Waals surface area (Å²) in [5.41, 5.74) is 4.50. The second-order valence-corrected chi connectivity index (χ2v) is 7.38. The highest BCUT2D eigenvalue weighted by Gasteiger charge is 2.27. The second kappa shape index (κ2) is 8.01. The van der Waals surface area contributed by atoms with Crippen LogP contribution in [0.3, 0.4) is 0 Å². The monoisotopic (exact) mass is 365 g/mol. The molecule has 2 aromatic rings. The molecule has 1 amide bonds. The van der Waals surface area contributed by atoms with Gasteiger partial charge in [-0.3, -0.25) is 10.2 Å². The Morgan fingerprint density at radius 2 is 2.33 bits per heavy atom. The third kappa shape index (κ3) is 3.93. The molecule has 5 nitrogen and oxygen atoms in total. The Morgan fingerprint density at radius 1 is 1.41 bits per heavy atom. The van der Waals surface area contributed by atoms with Crippen LogP contribution in [0.4, 0.5) is 10.5 Å². The number of piperidine rings is 1. The lowest BCUT2D eigenvalue weighted by atomic mass is 9.89. The lowest BCUT2D eigenvalue weighted by Gasteiger charge is -2.38. The van der Waals surface area contributed by atoms with Gasteiger partial charge in [0.05, 0.1) is 6.61 Å². The van der Waals surface area contributed by atoms with E-state index in [1.165, 1.54) is 36.9 Å². The van der Waals surface area contributed by atoms with Crippen molar-refractivity contribution in [3.05, 3.63) is 48.7 Å². The van der Waals surface area contributed by atoms with Crippen molar-refractivity contribution in [3.8, 4) is 0 Å². The molecule has 0 spiro atoms. The molecule has 4 rings (SSSR count). The maximum absolute atomic E-state index is 11.9. The van der Waals surface area contributed by atoms with Gasteiger partial charge in [-0.2, -0.15) is 0 Å². The van der Waals surface area contributed by atoms with Gasteiger partial charge in [-0.05, 0) is 56.0 Å². The lowest BCUT2D eigenvalue weighted by molar-refractivity contribution is 0.161. The van der Waals surface area contributed by atoms with E-state index in [4.69, 9.17) is 4.74 Å². The standard InChI is InChI=1S/C22H27N3O2/c1-2-3-12-27-22(26)24-17-7-8-21-19(14-17)20(15-23-21)16-9-11-25-10-5-4-6-18(25)13-16/h2,7-9,14-15,18,23H,1,3-6,10-13H2,(H,24,26). The Hall–Kier alpha value is -2.53. The number of carbonyl (C=O) groups is 1. The van der Waals surface area contributed by atoms with E-state index in [0.29, 0.717) is 19.1 Å². The predicted octanol–water partition coefficient (Wildman–Crippen LogP) is 4.93. The molecule has 0 aliphatic carbocycles. The van der Waals surface area contributed by atoms with Crippen molar-refractivity contribution in [1.82, 2.24) is 9.88 Å². The minimum atomic E-state index is -0.428. The third-order valence-corrected chi connectivity index (χ3v) is 5.61. The van der Waals surface area contributed by atoms with Crippen molar-refractivity contribution in [2.75, 3.05) is 25.0 Å². The highest BCUT2D eigenvalue weighted by Crippen LogP contribution is 2.35. The van der Waals surface area contributed by atoms with Crippen LogP contribution in [0.2, 0.25) is 0 Å². The molecule has 2 aliphatic heterocycles. The van der Waals surface area contributed by atoms with Crippen molar-refractivity contribution in [3.63, 3.8) is 0 Å². The molecule has 3 heterocycles. The number of anilines is 1. The maximum atomic E-state index is 11.9. The van der Waals surface area contributed by atoms with E-state index in [1.54, 1.807) is 6.08 Å². The molecule has 142 valence electrons. The first-order valence-electron chi connectivity index (χ1n) is 9.84. The zero-order chi connectivity index (χ0) is 18.6. The van der Waals surface area contributed by atoms with Gasteiger partial charge in [-0.25, -0.2) is 4.79 Å². The molecule has 0 bridgehead atoms. The van der Waals surface area contributed by atoms with E-state index in [2.05, 4.69) is 34.1 Å². The Balaban J connectivity index is 1.53. The smallest absolute Gasteiger partial charge is 0.411 e. The van der Waals surface area contributed by atoms with E-state index >= 15 is 0 Å². The first kappa shape index (κ1) is 17.9. The van der Waals surface area contributed by atoms with Gasteiger partial charge in [-0.1, -0.05) is 18.6 Å². The van der Waals surface area contributed by atoms with Gasteiger partial charge in [-0.15, -0.1) is 6.58 Å². The van der Waals surface area contributed by atoms with Crippen molar-refractivity contribution < 1.29 is 9.53 Å².